The van der Waals surface area contributed by atoms with E-state index in [0.717, 1.165) is 6.42 Å². The third-order valence-corrected chi connectivity index (χ3v) is 3.59. The Labute approximate surface area is 108 Å². The van der Waals surface area contributed by atoms with Crippen molar-refractivity contribution in [1.29, 1.82) is 0 Å². The first kappa shape index (κ1) is 15.0. The van der Waals surface area contributed by atoms with Crippen molar-refractivity contribution >= 4 is 11.9 Å². The lowest BCUT2D eigenvalue weighted by molar-refractivity contribution is -0.146. The van der Waals surface area contributed by atoms with Crippen LogP contribution in [0.15, 0.2) is 0 Å². The van der Waals surface area contributed by atoms with Gasteiger partial charge in [-0.05, 0) is 32.6 Å². The average molecular weight is 257 g/mol. The van der Waals surface area contributed by atoms with Gasteiger partial charge in [0.15, 0.2) is 0 Å². The molecule has 3 atom stereocenters. The van der Waals surface area contributed by atoms with E-state index in [1.165, 1.54) is 0 Å². The molecule has 0 bridgehead atoms. The number of carboxylic acid groups (broad SMARTS) is 1. The topological polar surface area (TPSA) is 86.6 Å². The van der Waals surface area contributed by atoms with Crippen molar-refractivity contribution < 1.29 is 19.8 Å². The molecule has 0 aliphatic heterocycles. The SMILES string of the molecule is CCC1C[C@H](C(=O)NCC(C)(C)O)[C@H](C(=O)O)C1. The van der Waals surface area contributed by atoms with Gasteiger partial charge in [-0.3, -0.25) is 9.59 Å². The van der Waals surface area contributed by atoms with Crippen LogP contribution in [-0.4, -0.2) is 34.2 Å². The number of carbonyl (C=O) groups is 2. The van der Waals surface area contributed by atoms with E-state index in [9.17, 15) is 14.7 Å². The molecule has 1 fully saturated rings. The van der Waals surface area contributed by atoms with Crippen LogP contribution < -0.4 is 5.32 Å². The second kappa shape index (κ2) is 5.69. The predicted molar refractivity (Wildman–Crippen MR) is 66.9 cm³/mol. The van der Waals surface area contributed by atoms with Gasteiger partial charge in [0.1, 0.15) is 0 Å². The van der Waals surface area contributed by atoms with Crippen LogP contribution >= 0.6 is 0 Å². The van der Waals surface area contributed by atoms with Crippen LogP contribution in [0.4, 0.5) is 0 Å². The van der Waals surface area contributed by atoms with Crippen LogP contribution in [0.2, 0.25) is 0 Å². The fourth-order valence-electron chi connectivity index (χ4n) is 2.47. The minimum atomic E-state index is -0.975. The van der Waals surface area contributed by atoms with Crippen molar-refractivity contribution in [3.63, 3.8) is 0 Å². The lowest BCUT2D eigenvalue weighted by Gasteiger charge is -2.21. The van der Waals surface area contributed by atoms with E-state index in [2.05, 4.69) is 5.32 Å². The Hall–Kier alpha value is -1.10. The van der Waals surface area contributed by atoms with E-state index in [1.54, 1.807) is 13.8 Å². The molecule has 5 heteroatoms. The third-order valence-electron chi connectivity index (χ3n) is 3.59. The van der Waals surface area contributed by atoms with Gasteiger partial charge in [0, 0.05) is 6.54 Å². The second-order valence-corrected chi connectivity index (χ2v) is 5.83. The number of amides is 1. The average Bonchev–Trinajstić information content (AvgIpc) is 2.69. The molecule has 18 heavy (non-hydrogen) atoms. The highest BCUT2D eigenvalue weighted by atomic mass is 16.4. The number of aliphatic carboxylic acids is 1. The molecule has 0 aromatic carbocycles. The predicted octanol–water partition coefficient (Wildman–Crippen LogP) is 1.01. The first-order chi connectivity index (χ1) is 8.24. The van der Waals surface area contributed by atoms with E-state index in [1.807, 2.05) is 6.92 Å². The summed E-state index contributed by atoms with van der Waals surface area (Å²) in [7, 11) is 0. The Morgan fingerprint density at radius 3 is 2.28 bits per heavy atom. The number of nitrogens with one attached hydrogen (secondary N) is 1. The summed E-state index contributed by atoms with van der Waals surface area (Å²) >= 11 is 0. The Balaban J connectivity index is 2.62. The summed E-state index contributed by atoms with van der Waals surface area (Å²) in [5.41, 5.74) is -0.975. The summed E-state index contributed by atoms with van der Waals surface area (Å²) in [6.07, 6.45) is 2.11. The largest absolute Gasteiger partial charge is 0.481 e. The first-order valence-electron chi connectivity index (χ1n) is 6.47. The Morgan fingerprint density at radius 1 is 1.28 bits per heavy atom. The van der Waals surface area contributed by atoms with Crippen LogP contribution in [0, 0.1) is 17.8 Å². The zero-order valence-electron chi connectivity index (χ0n) is 11.3. The molecule has 1 amide bonds. The third kappa shape index (κ3) is 3.98. The molecule has 0 aromatic heterocycles. The number of hydrogen-bond donors (Lipinski definition) is 3. The molecule has 1 unspecified atom stereocenters. The molecular weight excluding hydrogens is 234 g/mol. The van der Waals surface area contributed by atoms with Crippen molar-refractivity contribution in [3.05, 3.63) is 0 Å². The second-order valence-electron chi connectivity index (χ2n) is 5.83. The smallest absolute Gasteiger partial charge is 0.307 e. The lowest BCUT2D eigenvalue weighted by Crippen LogP contribution is -2.42. The van der Waals surface area contributed by atoms with Crippen LogP contribution in [0.1, 0.15) is 40.0 Å². The van der Waals surface area contributed by atoms with E-state index in [4.69, 9.17) is 5.11 Å². The summed E-state index contributed by atoms with van der Waals surface area (Å²) in [6.45, 7) is 5.36. The van der Waals surface area contributed by atoms with Gasteiger partial charge >= 0.3 is 5.97 Å². The molecule has 1 rings (SSSR count). The van der Waals surface area contributed by atoms with Gasteiger partial charge in [-0.1, -0.05) is 13.3 Å². The van der Waals surface area contributed by atoms with Crippen LogP contribution in [0.5, 0.6) is 0 Å². The maximum atomic E-state index is 12.0. The van der Waals surface area contributed by atoms with Crippen LogP contribution in [0.25, 0.3) is 0 Å². The van der Waals surface area contributed by atoms with Gasteiger partial charge in [0.05, 0.1) is 17.4 Å². The number of carbonyl (C=O) groups excluding carboxylic acids is 1. The molecule has 0 radical (unpaired) electrons. The first-order valence-corrected chi connectivity index (χ1v) is 6.47. The van der Waals surface area contributed by atoms with E-state index < -0.39 is 23.4 Å². The van der Waals surface area contributed by atoms with Gasteiger partial charge in [-0.2, -0.15) is 0 Å². The zero-order valence-corrected chi connectivity index (χ0v) is 11.3. The summed E-state index contributed by atoms with van der Waals surface area (Å²) in [4.78, 5) is 23.1. The maximum absolute atomic E-state index is 12.0. The van der Waals surface area contributed by atoms with Crippen molar-refractivity contribution in [3.8, 4) is 0 Å². The van der Waals surface area contributed by atoms with Gasteiger partial charge in [-0.25, -0.2) is 0 Å². The van der Waals surface area contributed by atoms with Crippen molar-refractivity contribution in [2.75, 3.05) is 6.54 Å². The Bertz CT molecular complexity index is 321. The van der Waals surface area contributed by atoms with Gasteiger partial charge in [0.25, 0.3) is 0 Å². The summed E-state index contributed by atoms with van der Waals surface area (Å²) in [6, 6.07) is 0. The zero-order chi connectivity index (χ0) is 13.9. The van der Waals surface area contributed by atoms with Gasteiger partial charge in [-0.15, -0.1) is 0 Å². The van der Waals surface area contributed by atoms with Gasteiger partial charge in [0.2, 0.25) is 5.91 Å². The molecule has 5 nitrogen and oxygen atoms in total. The van der Waals surface area contributed by atoms with Crippen LogP contribution in [-0.2, 0) is 9.59 Å². The number of rotatable bonds is 5. The number of aliphatic hydroxyl groups is 1. The van der Waals surface area contributed by atoms with E-state index >= 15 is 0 Å². The fourth-order valence-corrected chi connectivity index (χ4v) is 2.47. The lowest BCUT2D eigenvalue weighted by atomic mass is 9.95. The monoisotopic (exact) mass is 257 g/mol. The molecule has 3 N–H and O–H groups in total. The van der Waals surface area contributed by atoms with Gasteiger partial charge < -0.3 is 15.5 Å². The Kier molecular flexibility index (Phi) is 4.73. The highest BCUT2D eigenvalue weighted by Crippen LogP contribution is 2.38. The fraction of sp³-hybridized carbons (Fsp3) is 0.846. The molecule has 1 aliphatic carbocycles. The minimum absolute atomic E-state index is 0.144. The molecule has 0 saturated heterocycles. The molecule has 1 aliphatic rings. The van der Waals surface area contributed by atoms with Crippen molar-refractivity contribution in [2.24, 2.45) is 17.8 Å². The quantitative estimate of drug-likeness (QED) is 0.686. The summed E-state index contributed by atoms with van der Waals surface area (Å²) < 4.78 is 0. The summed E-state index contributed by atoms with van der Waals surface area (Å²) in [5.74, 6) is -1.88. The molecule has 104 valence electrons. The molecular formula is C13H23NO4. The van der Waals surface area contributed by atoms with Crippen molar-refractivity contribution in [2.45, 2.75) is 45.6 Å². The highest BCUT2D eigenvalue weighted by molar-refractivity contribution is 5.85. The van der Waals surface area contributed by atoms with E-state index in [0.29, 0.717) is 18.8 Å². The normalized spacial score (nSPS) is 28.1. The number of carboxylic acids is 1. The molecule has 0 heterocycles. The summed E-state index contributed by atoms with van der Waals surface area (Å²) in [5, 5.41) is 21.3. The van der Waals surface area contributed by atoms with Crippen LogP contribution in [0.3, 0.4) is 0 Å². The maximum Gasteiger partial charge on any atom is 0.307 e. The van der Waals surface area contributed by atoms with Crippen molar-refractivity contribution in [1.82, 2.24) is 5.32 Å². The Morgan fingerprint density at radius 2 is 1.83 bits per heavy atom. The number of hydrogen-bond acceptors (Lipinski definition) is 3. The standard InChI is InChI=1S/C13H23NO4/c1-4-8-5-9(10(6-8)12(16)17)11(15)14-7-13(2,3)18/h8-10,18H,4-7H2,1-3H3,(H,14,15)(H,16,17)/t8?,9-,10+/m0/s1. The molecule has 1 saturated carbocycles. The molecule has 0 spiro atoms. The highest BCUT2D eigenvalue weighted by Gasteiger charge is 2.42. The molecule has 0 aromatic rings. The minimum Gasteiger partial charge on any atom is -0.481 e. The van der Waals surface area contributed by atoms with E-state index in [-0.39, 0.29) is 12.5 Å².